The largest absolute Gasteiger partial charge is 0.382 e. The lowest BCUT2D eigenvalue weighted by Gasteiger charge is -2.33. The quantitative estimate of drug-likeness (QED) is 0.914. The first-order valence-electron chi connectivity index (χ1n) is 8.08. The fraction of sp³-hybridized carbons (Fsp3) is 0.471. The highest BCUT2D eigenvalue weighted by Gasteiger charge is 2.24. The first-order valence-corrected chi connectivity index (χ1v) is 8.96. The molecule has 0 bridgehead atoms. The third-order valence-corrected chi connectivity index (χ3v) is 5.26. The van der Waals surface area contributed by atoms with Crippen LogP contribution in [-0.2, 0) is 17.6 Å². The summed E-state index contributed by atoms with van der Waals surface area (Å²) in [7, 11) is 0. The molecule has 3 heterocycles. The molecule has 2 aromatic heterocycles. The Kier molecular flexibility index (Phi) is 5.23. The number of nitrogens with zero attached hydrogens (tertiary/aromatic N) is 3. The van der Waals surface area contributed by atoms with Crippen molar-refractivity contribution in [2.75, 3.05) is 18.8 Å². The molecular formula is C17H22N4OS. The molecule has 0 spiro atoms. The van der Waals surface area contributed by atoms with Crippen LogP contribution in [0.4, 0.5) is 5.82 Å². The minimum absolute atomic E-state index is 0.259. The molecule has 6 heteroatoms. The average molecular weight is 330 g/mol. The lowest BCUT2D eigenvalue weighted by molar-refractivity contribution is -0.132. The molecule has 0 radical (unpaired) electrons. The molecule has 0 aromatic carbocycles. The molecule has 0 unspecified atom stereocenters. The van der Waals surface area contributed by atoms with Crippen molar-refractivity contribution in [1.82, 2.24) is 14.9 Å². The second-order valence-electron chi connectivity index (χ2n) is 6.02. The molecule has 1 aliphatic heterocycles. The summed E-state index contributed by atoms with van der Waals surface area (Å²) in [5.74, 6) is 1.19. The fourth-order valence-corrected chi connectivity index (χ4v) is 3.82. The van der Waals surface area contributed by atoms with E-state index in [-0.39, 0.29) is 5.91 Å². The van der Waals surface area contributed by atoms with Crippen molar-refractivity contribution in [1.29, 1.82) is 0 Å². The average Bonchev–Trinajstić information content (AvgIpc) is 3.08. The number of rotatable bonds is 5. The Morgan fingerprint density at radius 3 is 3.04 bits per heavy atom. The van der Waals surface area contributed by atoms with Gasteiger partial charge in [0.05, 0.1) is 5.69 Å². The number of thiophene rings is 1. The number of nitrogen functional groups attached to an aromatic ring is 1. The van der Waals surface area contributed by atoms with Gasteiger partial charge in [-0.25, -0.2) is 4.98 Å². The number of likely N-dealkylation sites (tertiary alicyclic amines) is 1. The molecular weight excluding hydrogens is 308 g/mol. The molecule has 1 amide bonds. The number of anilines is 1. The molecule has 0 aliphatic carbocycles. The Morgan fingerprint density at radius 2 is 2.26 bits per heavy atom. The van der Waals surface area contributed by atoms with Crippen LogP contribution in [0.3, 0.4) is 0 Å². The lowest BCUT2D eigenvalue weighted by Crippen LogP contribution is -2.40. The zero-order valence-corrected chi connectivity index (χ0v) is 14.0. The molecule has 1 fully saturated rings. The number of aromatic nitrogens is 2. The van der Waals surface area contributed by atoms with Crippen LogP contribution in [0.1, 0.15) is 29.8 Å². The molecule has 1 saturated heterocycles. The van der Waals surface area contributed by atoms with Gasteiger partial charge >= 0.3 is 0 Å². The number of carbonyl (C=O) groups excluding carboxylic acids is 1. The number of nitrogens with two attached hydrogens (primary N) is 1. The monoisotopic (exact) mass is 330 g/mol. The second-order valence-corrected chi connectivity index (χ2v) is 7.05. The highest BCUT2D eigenvalue weighted by Crippen LogP contribution is 2.22. The van der Waals surface area contributed by atoms with Crippen molar-refractivity contribution in [2.45, 2.75) is 32.1 Å². The number of carbonyl (C=O) groups is 1. The van der Waals surface area contributed by atoms with Crippen molar-refractivity contribution in [3.8, 4) is 0 Å². The van der Waals surface area contributed by atoms with Crippen molar-refractivity contribution in [3.05, 3.63) is 40.5 Å². The van der Waals surface area contributed by atoms with Gasteiger partial charge in [-0.05, 0) is 43.0 Å². The molecule has 1 atom stereocenters. The van der Waals surface area contributed by atoms with Crippen molar-refractivity contribution in [2.24, 2.45) is 5.92 Å². The van der Waals surface area contributed by atoms with E-state index in [9.17, 15) is 4.79 Å². The van der Waals surface area contributed by atoms with E-state index in [4.69, 9.17) is 5.73 Å². The first-order chi connectivity index (χ1) is 11.2. The maximum absolute atomic E-state index is 12.4. The van der Waals surface area contributed by atoms with Crippen LogP contribution in [-0.4, -0.2) is 33.9 Å². The number of piperidine rings is 1. The molecule has 1 aliphatic rings. The predicted octanol–water partition coefficient (Wildman–Crippen LogP) is 2.53. The molecule has 5 nitrogen and oxygen atoms in total. The second kappa shape index (κ2) is 7.55. The Bertz CT molecular complexity index is 644. The summed E-state index contributed by atoms with van der Waals surface area (Å²) in [6.07, 6.45) is 7.70. The summed E-state index contributed by atoms with van der Waals surface area (Å²) in [5, 5.41) is 2.06. The van der Waals surface area contributed by atoms with Gasteiger partial charge in [0, 0.05) is 36.8 Å². The predicted molar refractivity (Wildman–Crippen MR) is 92.1 cm³/mol. The van der Waals surface area contributed by atoms with Crippen LogP contribution in [0, 0.1) is 5.92 Å². The smallest absolute Gasteiger partial charge is 0.222 e. The summed E-state index contributed by atoms with van der Waals surface area (Å²) in [6.45, 7) is 1.68. The summed E-state index contributed by atoms with van der Waals surface area (Å²) in [6, 6.07) is 4.13. The van der Waals surface area contributed by atoms with E-state index in [1.54, 1.807) is 23.7 Å². The van der Waals surface area contributed by atoms with Gasteiger partial charge in [0.2, 0.25) is 5.91 Å². The number of amides is 1. The maximum atomic E-state index is 12.4. The van der Waals surface area contributed by atoms with E-state index < -0.39 is 0 Å². The van der Waals surface area contributed by atoms with Gasteiger partial charge in [-0.3, -0.25) is 9.78 Å². The summed E-state index contributed by atoms with van der Waals surface area (Å²) < 4.78 is 0. The Hall–Kier alpha value is -1.95. The van der Waals surface area contributed by atoms with Crippen LogP contribution >= 0.6 is 11.3 Å². The van der Waals surface area contributed by atoms with Crippen molar-refractivity contribution < 1.29 is 4.79 Å². The van der Waals surface area contributed by atoms with Gasteiger partial charge in [0.1, 0.15) is 5.82 Å². The first kappa shape index (κ1) is 15.9. The van der Waals surface area contributed by atoms with E-state index in [1.807, 2.05) is 11.0 Å². The van der Waals surface area contributed by atoms with Gasteiger partial charge in [-0.2, -0.15) is 0 Å². The third kappa shape index (κ3) is 4.28. The number of aryl methyl sites for hydroxylation is 1. The van der Waals surface area contributed by atoms with Crippen LogP contribution < -0.4 is 5.73 Å². The van der Waals surface area contributed by atoms with E-state index in [1.165, 1.54) is 4.88 Å². The highest BCUT2D eigenvalue weighted by molar-refractivity contribution is 7.09. The molecule has 3 rings (SSSR count). The summed E-state index contributed by atoms with van der Waals surface area (Å²) in [5.41, 5.74) is 6.73. The van der Waals surface area contributed by atoms with Gasteiger partial charge < -0.3 is 10.6 Å². The van der Waals surface area contributed by atoms with E-state index in [2.05, 4.69) is 21.4 Å². The Morgan fingerprint density at radius 1 is 1.39 bits per heavy atom. The van der Waals surface area contributed by atoms with Crippen molar-refractivity contribution >= 4 is 23.1 Å². The Balaban J connectivity index is 1.53. The number of hydrogen-bond donors (Lipinski definition) is 1. The van der Waals surface area contributed by atoms with Crippen LogP contribution in [0.15, 0.2) is 29.9 Å². The van der Waals surface area contributed by atoms with Gasteiger partial charge in [0.15, 0.2) is 0 Å². The van der Waals surface area contributed by atoms with Gasteiger partial charge in [-0.15, -0.1) is 11.3 Å². The summed E-state index contributed by atoms with van der Waals surface area (Å²) in [4.78, 5) is 24.1. The SMILES string of the molecule is Nc1nccnc1C[C@H]1CCCN(C(=O)CCc2cccs2)C1. The normalized spacial score (nSPS) is 18.1. The van der Waals surface area contributed by atoms with Gasteiger partial charge in [0.25, 0.3) is 0 Å². The van der Waals surface area contributed by atoms with E-state index >= 15 is 0 Å². The van der Waals surface area contributed by atoms with Crippen LogP contribution in [0.25, 0.3) is 0 Å². The topological polar surface area (TPSA) is 72.1 Å². The molecule has 2 N–H and O–H groups in total. The lowest BCUT2D eigenvalue weighted by atomic mass is 9.93. The third-order valence-electron chi connectivity index (χ3n) is 4.33. The minimum atomic E-state index is 0.259. The fourth-order valence-electron chi connectivity index (χ4n) is 3.11. The van der Waals surface area contributed by atoms with Gasteiger partial charge in [-0.1, -0.05) is 6.07 Å². The molecule has 122 valence electrons. The molecule has 23 heavy (non-hydrogen) atoms. The van der Waals surface area contributed by atoms with Crippen LogP contribution in [0.5, 0.6) is 0 Å². The standard InChI is InChI=1S/C17H22N4OS/c18-17-15(19-7-8-20-17)11-13-3-1-9-21(12-13)16(22)6-5-14-4-2-10-23-14/h2,4,7-8,10,13H,1,3,5-6,9,11-12H2,(H2,18,20)/t13-/m1/s1. The zero-order chi connectivity index (χ0) is 16.1. The maximum Gasteiger partial charge on any atom is 0.222 e. The zero-order valence-electron chi connectivity index (χ0n) is 13.1. The minimum Gasteiger partial charge on any atom is -0.382 e. The van der Waals surface area contributed by atoms with Crippen LogP contribution in [0.2, 0.25) is 0 Å². The van der Waals surface area contributed by atoms with E-state index in [0.29, 0.717) is 18.2 Å². The summed E-state index contributed by atoms with van der Waals surface area (Å²) >= 11 is 1.72. The number of hydrogen-bond acceptors (Lipinski definition) is 5. The van der Waals surface area contributed by atoms with E-state index in [0.717, 1.165) is 44.5 Å². The van der Waals surface area contributed by atoms with Crippen molar-refractivity contribution in [3.63, 3.8) is 0 Å². The Labute approximate surface area is 140 Å². The molecule has 0 saturated carbocycles. The molecule has 2 aromatic rings. The highest BCUT2D eigenvalue weighted by atomic mass is 32.1.